The molecular weight excluding hydrogens is 504 g/mol. The van der Waals surface area contributed by atoms with Gasteiger partial charge in [0.15, 0.2) is 0 Å². The summed E-state index contributed by atoms with van der Waals surface area (Å²) in [4.78, 5) is 38.2. The number of benzene rings is 1. The molecule has 1 fully saturated rings. The zero-order chi connectivity index (χ0) is 24.9. The van der Waals surface area contributed by atoms with Crippen LogP contribution >= 0.6 is 22.9 Å². The van der Waals surface area contributed by atoms with Crippen molar-refractivity contribution in [1.82, 2.24) is 10.6 Å². The Morgan fingerprint density at radius 2 is 2.00 bits per heavy atom. The topological polar surface area (TPSA) is 99.8 Å². The predicted octanol–water partition coefficient (Wildman–Crippen LogP) is 2.79. The third-order valence-electron chi connectivity index (χ3n) is 4.64. The number of thiophene rings is 1. The first-order valence-electron chi connectivity index (χ1n) is 9.85. The number of amides is 3. The fraction of sp³-hybridized carbons (Fsp3) is 0.350. The second kappa shape index (κ2) is 11.1. The van der Waals surface area contributed by atoms with Crippen molar-refractivity contribution in [3.05, 3.63) is 45.4 Å². The Balaban J connectivity index is 1.68. The van der Waals surface area contributed by atoms with Crippen molar-refractivity contribution in [1.29, 1.82) is 0 Å². The molecule has 3 amide bonds. The van der Waals surface area contributed by atoms with E-state index in [4.69, 9.17) is 16.3 Å². The van der Waals surface area contributed by atoms with Crippen molar-refractivity contribution in [2.45, 2.75) is 12.2 Å². The van der Waals surface area contributed by atoms with E-state index in [1.54, 1.807) is 0 Å². The molecule has 3 rings (SSSR count). The first-order chi connectivity index (χ1) is 16.0. The van der Waals surface area contributed by atoms with E-state index in [1.807, 2.05) is 5.32 Å². The highest BCUT2D eigenvalue weighted by molar-refractivity contribution is 7.18. The lowest BCUT2D eigenvalue weighted by Crippen LogP contribution is -2.51. The minimum absolute atomic E-state index is 0.143. The van der Waals surface area contributed by atoms with E-state index in [0.717, 1.165) is 17.4 Å². The average molecular weight is 523 g/mol. The van der Waals surface area contributed by atoms with E-state index >= 15 is 0 Å². The molecular formula is C20H19ClF4N4O4S. The van der Waals surface area contributed by atoms with Gasteiger partial charge in [-0.25, -0.2) is 4.39 Å². The minimum Gasteiger partial charge on any atom is -0.370 e. The van der Waals surface area contributed by atoms with Crippen LogP contribution in [-0.4, -0.2) is 62.8 Å². The number of halogens is 5. The number of carbonyl (C=O) groups excluding carboxylic acids is 3. The maximum atomic E-state index is 14.6. The average Bonchev–Trinajstić information content (AvgIpc) is 3.21. The van der Waals surface area contributed by atoms with E-state index in [-0.39, 0.29) is 41.9 Å². The second-order valence-electron chi connectivity index (χ2n) is 7.11. The lowest BCUT2D eigenvalue weighted by molar-refractivity contribution is -0.130. The highest BCUT2D eigenvalue weighted by atomic mass is 35.5. The fourth-order valence-electron chi connectivity index (χ4n) is 3.00. The number of alkyl halides is 3. The van der Waals surface area contributed by atoms with Crippen molar-refractivity contribution >= 4 is 52.0 Å². The predicted molar refractivity (Wildman–Crippen MR) is 118 cm³/mol. The molecule has 1 atom stereocenters. The number of morpholine rings is 1. The summed E-state index contributed by atoms with van der Waals surface area (Å²) in [6.07, 6.45) is -4.62. The van der Waals surface area contributed by atoms with Crippen LogP contribution in [0, 0.1) is 5.82 Å². The number of nitrogens with one attached hydrogen (secondary N) is 3. The van der Waals surface area contributed by atoms with Crippen molar-refractivity contribution < 1.29 is 36.7 Å². The van der Waals surface area contributed by atoms with Crippen LogP contribution in [0.3, 0.4) is 0 Å². The molecule has 3 N–H and O–H groups in total. The van der Waals surface area contributed by atoms with Crippen LogP contribution in [0.2, 0.25) is 4.34 Å². The van der Waals surface area contributed by atoms with Gasteiger partial charge in [-0.3, -0.25) is 19.7 Å². The molecule has 1 saturated heterocycles. The van der Waals surface area contributed by atoms with Gasteiger partial charge < -0.3 is 20.3 Å². The highest BCUT2D eigenvalue weighted by Gasteiger charge is 2.31. The van der Waals surface area contributed by atoms with Gasteiger partial charge in [-0.2, -0.15) is 13.2 Å². The molecule has 0 saturated carbocycles. The van der Waals surface area contributed by atoms with Crippen molar-refractivity contribution in [3.8, 4) is 0 Å². The fourth-order valence-corrected chi connectivity index (χ4v) is 3.96. The van der Waals surface area contributed by atoms with Gasteiger partial charge in [0.05, 0.1) is 28.1 Å². The lowest BCUT2D eigenvalue weighted by atomic mass is 10.2. The largest absolute Gasteiger partial charge is 0.401 e. The Kier molecular flexibility index (Phi) is 8.47. The van der Waals surface area contributed by atoms with E-state index in [2.05, 4.69) is 10.6 Å². The number of hydrogen-bond acceptors (Lipinski definition) is 6. The van der Waals surface area contributed by atoms with E-state index < -0.39 is 42.9 Å². The Morgan fingerprint density at radius 1 is 1.24 bits per heavy atom. The van der Waals surface area contributed by atoms with Crippen molar-refractivity contribution in [3.63, 3.8) is 0 Å². The Labute approximate surface area is 200 Å². The van der Waals surface area contributed by atoms with Gasteiger partial charge in [-0.15, -0.1) is 11.3 Å². The summed E-state index contributed by atoms with van der Waals surface area (Å²) in [5.74, 6) is -2.88. The van der Waals surface area contributed by atoms with Crippen LogP contribution in [0.15, 0.2) is 30.3 Å². The summed E-state index contributed by atoms with van der Waals surface area (Å²) in [6, 6.07) is 4.99. The lowest BCUT2D eigenvalue weighted by Gasteiger charge is -2.27. The van der Waals surface area contributed by atoms with Gasteiger partial charge in [0.25, 0.3) is 11.8 Å². The number of carbonyl (C=O) groups is 3. The standard InChI is InChI=1S/C20H19ClF4N4O4S/c21-16-4-3-15(34-16)19(32)26-8-14(27-10-20(23,24)25)18(31)28-13-2-1-11(7-12(13)22)29-5-6-33-9-17(29)30/h1-4,7,14,27H,5-6,8-10H2,(H,26,32)(H,28,31)/t14-/m1/s1. The van der Waals surface area contributed by atoms with E-state index in [0.29, 0.717) is 4.34 Å². The number of anilines is 2. The number of ether oxygens (including phenoxy) is 1. The molecule has 1 aromatic carbocycles. The smallest absolute Gasteiger partial charge is 0.370 e. The van der Waals surface area contributed by atoms with Crippen LogP contribution in [0.1, 0.15) is 9.67 Å². The SMILES string of the molecule is O=C(NC[C@@H](NCC(F)(F)F)C(=O)Nc1ccc(N2CCOCC2=O)cc1F)c1ccc(Cl)s1. The summed E-state index contributed by atoms with van der Waals surface area (Å²) < 4.78 is 58.0. The molecule has 1 aliphatic heterocycles. The molecule has 8 nitrogen and oxygen atoms in total. The quantitative estimate of drug-likeness (QED) is 0.463. The Bertz CT molecular complexity index is 1070. The first-order valence-corrected chi connectivity index (χ1v) is 11.0. The normalized spacial score (nSPS) is 15.2. The van der Waals surface area contributed by atoms with Gasteiger partial charge >= 0.3 is 6.18 Å². The van der Waals surface area contributed by atoms with Gasteiger partial charge in [-0.1, -0.05) is 11.6 Å². The first kappa shape index (κ1) is 25.9. The number of nitrogens with zero attached hydrogens (tertiary/aromatic N) is 1. The van der Waals surface area contributed by atoms with E-state index in [9.17, 15) is 31.9 Å². The van der Waals surface area contributed by atoms with Crippen molar-refractivity contribution in [2.24, 2.45) is 0 Å². The van der Waals surface area contributed by atoms with Gasteiger partial charge in [0, 0.05) is 18.8 Å². The van der Waals surface area contributed by atoms with Crippen LogP contribution in [0.25, 0.3) is 0 Å². The summed E-state index contributed by atoms with van der Waals surface area (Å²) in [7, 11) is 0. The number of hydrogen-bond donors (Lipinski definition) is 3. The summed E-state index contributed by atoms with van der Waals surface area (Å²) in [5, 5.41) is 6.59. The molecule has 0 radical (unpaired) electrons. The van der Waals surface area contributed by atoms with Crippen LogP contribution < -0.4 is 20.9 Å². The minimum atomic E-state index is -4.62. The highest BCUT2D eigenvalue weighted by Crippen LogP contribution is 2.24. The molecule has 1 aliphatic rings. The molecule has 14 heteroatoms. The Morgan fingerprint density at radius 3 is 2.62 bits per heavy atom. The van der Waals surface area contributed by atoms with Crippen molar-refractivity contribution in [2.75, 3.05) is 43.1 Å². The zero-order valence-electron chi connectivity index (χ0n) is 17.4. The molecule has 0 aliphatic carbocycles. The molecule has 184 valence electrons. The molecule has 2 heterocycles. The third-order valence-corrected chi connectivity index (χ3v) is 5.87. The van der Waals surface area contributed by atoms with Crippen LogP contribution in [-0.2, 0) is 14.3 Å². The Hall–Kier alpha value is -2.74. The maximum absolute atomic E-state index is 14.6. The monoisotopic (exact) mass is 522 g/mol. The van der Waals surface area contributed by atoms with Gasteiger partial charge in [0.1, 0.15) is 18.5 Å². The second-order valence-corrected chi connectivity index (χ2v) is 8.83. The molecule has 1 aromatic heterocycles. The summed E-state index contributed by atoms with van der Waals surface area (Å²) >= 11 is 6.72. The third kappa shape index (κ3) is 7.13. The van der Waals surface area contributed by atoms with E-state index in [1.165, 1.54) is 29.2 Å². The summed E-state index contributed by atoms with van der Waals surface area (Å²) in [5.41, 5.74) is -0.0537. The number of rotatable bonds is 8. The zero-order valence-corrected chi connectivity index (χ0v) is 19.0. The molecule has 0 spiro atoms. The molecule has 0 unspecified atom stereocenters. The van der Waals surface area contributed by atoms with Gasteiger partial charge in [0.2, 0.25) is 5.91 Å². The van der Waals surface area contributed by atoms with Gasteiger partial charge in [-0.05, 0) is 30.3 Å². The summed E-state index contributed by atoms with van der Waals surface area (Å²) in [6.45, 7) is -1.65. The molecule has 2 aromatic rings. The maximum Gasteiger partial charge on any atom is 0.401 e. The molecule has 34 heavy (non-hydrogen) atoms. The van der Waals surface area contributed by atoms with Crippen LogP contribution in [0.4, 0.5) is 28.9 Å². The van der Waals surface area contributed by atoms with Crippen LogP contribution in [0.5, 0.6) is 0 Å². The molecule has 0 bridgehead atoms.